The van der Waals surface area contributed by atoms with E-state index in [0.717, 1.165) is 6.42 Å². The Morgan fingerprint density at radius 1 is 1.26 bits per heavy atom. The number of carbonyl (C=O) groups excluding carboxylic acids is 1. The van der Waals surface area contributed by atoms with E-state index in [1.807, 2.05) is 6.07 Å². The first kappa shape index (κ1) is 17.2. The highest BCUT2D eigenvalue weighted by molar-refractivity contribution is 6.33. The number of ether oxygens (including phenoxy) is 1. The van der Waals surface area contributed by atoms with E-state index in [1.165, 1.54) is 0 Å². The zero-order chi connectivity index (χ0) is 16.8. The molecular formula is C18H21ClN2O2. The minimum absolute atomic E-state index is 0.244. The van der Waals surface area contributed by atoms with Gasteiger partial charge in [0.2, 0.25) is 0 Å². The molecule has 2 rings (SSSR count). The van der Waals surface area contributed by atoms with Gasteiger partial charge >= 0.3 is 0 Å². The summed E-state index contributed by atoms with van der Waals surface area (Å²) in [4.78, 5) is 12.5. The van der Waals surface area contributed by atoms with Crippen molar-refractivity contribution in [2.24, 2.45) is 5.92 Å². The summed E-state index contributed by atoms with van der Waals surface area (Å²) in [5, 5.41) is 3.27. The Morgan fingerprint density at radius 3 is 2.70 bits per heavy atom. The Kier molecular flexibility index (Phi) is 5.88. The third-order valence-corrected chi connectivity index (χ3v) is 3.68. The first-order valence-electron chi connectivity index (χ1n) is 7.55. The van der Waals surface area contributed by atoms with Crippen molar-refractivity contribution in [2.75, 3.05) is 17.7 Å². The van der Waals surface area contributed by atoms with Gasteiger partial charge in [-0.1, -0.05) is 37.6 Å². The fraction of sp³-hybridized carbons (Fsp3) is 0.278. The molecule has 0 saturated carbocycles. The predicted octanol–water partition coefficient (Wildman–Crippen LogP) is 4.60. The van der Waals surface area contributed by atoms with Crippen LogP contribution in [-0.2, 0) is 0 Å². The average molecular weight is 333 g/mol. The fourth-order valence-electron chi connectivity index (χ4n) is 2.00. The van der Waals surface area contributed by atoms with Crippen LogP contribution >= 0.6 is 11.6 Å². The maximum atomic E-state index is 12.5. The maximum absolute atomic E-state index is 12.5. The minimum atomic E-state index is -0.244. The number of hydrogen-bond donors (Lipinski definition) is 2. The molecule has 0 unspecified atom stereocenters. The molecule has 0 saturated heterocycles. The lowest BCUT2D eigenvalue weighted by Gasteiger charge is -2.13. The summed E-state index contributed by atoms with van der Waals surface area (Å²) in [6.07, 6.45) is 0.934. The summed E-state index contributed by atoms with van der Waals surface area (Å²) in [5.74, 6) is 0.882. The Bertz CT molecular complexity index is 686. The van der Waals surface area contributed by atoms with Gasteiger partial charge in [-0.05, 0) is 42.7 Å². The molecule has 0 aliphatic heterocycles. The van der Waals surface area contributed by atoms with E-state index in [2.05, 4.69) is 19.2 Å². The van der Waals surface area contributed by atoms with Gasteiger partial charge in [-0.15, -0.1) is 0 Å². The third kappa shape index (κ3) is 4.89. The van der Waals surface area contributed by atoms with E-state index in [4.69, 9.17) is 22.1 Å². The Morgan fingerprint density at radius 2 is 2.00 bits per heavy atom. The van der Waals surface area contributed by atoms with Gasteiger partial charge in [0, 0.05) is 5.69 Å². The van der Waals surface area contributed by atoms with E-state index >= 15 is 0 Å². The largest absolute Gasteiger partial charge is 0.493 e. The molecule has 3 N–H and O–H groups in total. The number of rotatable bonds is 6. The molecule has 0 fully saturated rings. The SMILES string of the molecule is CC(C)CCOc1ccccc1C(=O)Nc1ccc(Cl)c(N)c1. The van der Waals surface area contributed by atoms with Crippen LogP contribution < -0.4 is 15.8 Å². The average Bonchev–Trinajstić information content (AvgIpc) is 2.51. The van der Waals surface area contributed by atoms with E-state index in [9.17, 15) is 4.79 Å². The molecule has 0 radical (unpaired) electrons. The van der Waals surface area contributed by atoms with Crippen LogP contribution in [0, 0.1) is 5.92 Å². The highest BCUT2D eigenvalue weighted by Gasteiger charge is 2.13. The number of amides is 1. The molecule has 0 atom stereocenters. The zero-order valence-corrected chi connectivity index (χ0v) is 14.1. The van der Waals surface area contributed by atoms with Crippen LogP contribution in [0.2, 0.25) is 5.02 Å². The number of para-hydroxylation sites is 1. The molecule has 122 valence electrons. The van der Waals surface area contributed by atoms with Gasteiger partial charge in [-0.3, -0.25) is 4.79 Å². The number of nitrogens with one attached hydrogen (secondary N) is 1. The van der Waals surface area contributed by atoms with Gasteiger partial charge in [-0.2, -0.15) is 0 Å². The second-order valence-electron chi connectivity index (χ2n) is 5.72. The van der Waals surface area contributed by atoms with Crippen LogP contribution in [0.15, 0.2) is 42.5 Å². The molecule has 4 nitrogen and oxygen atoms in total. The molecule has 0 bridgehead atoms. The lowest BCUT2D eigenvalue weighted by Crippen LogP contribution is -2.14. The Hall–Kier alpha value is -2.20. The highest BCUT2D eigenvalue weighted by Crippen LogP contribution is 2.24. The number of halogens is 1. The van der Waals surface area contributed by atoms with E-state index < -0.39 is 0 Å². The van der Waals surface area contributed by atoms with Gasteiger partial charge in [0.15, 0.2) is 0 Å². The fourth-order valence-corrected chi connectivity index (χ4v) is 2.12. The quantitative estimate of drug-likeness (QED) is 0.760. The topological polar surface area (TPSA) is 64.3 Å². The number of anilines is 2. The van der Waals surface area contributed by atoms with Gasteiger partial charge < -0.3 is 15.8 Å². The molecule has 0 spiro atoms. The summed E-state index contributed by atoms with van der Waals surface area (Å²) in [5.41, 5.74) is 7.26. The monoisotopic (exact) mass is 332 g/mol. The van der Waals surface area contributed by atoms with E-state index in [-0.39, 0.29) is 5.91 Å². The number of carbonyl (C=O) groups is 1. The van der Waals surface area contributed by atoms with Gasteiger partial charge in [0.25, 0.3) is 5.91 Å². The smallest absolute Gasteiger partial charge is 0.259 e. The molecule has 2 aromatic carbocycles. The van der Waals surface area contributed by atoms with Crippen molar-refractivity contribution in [1.82, 2.24) is 0 Å². The van der Waals surface area contributed by atoms with Crippen molar-refractivity contribution in [2.45, 2.75) is 20.3 Å². The van der Waals surface area contributed by atoms with Gasteiger partial charge in [0.1, 0.15) is 5.75 Å². The maximum Gasteiger partial charge on any atom is 0.259 e. The second kappa shape index (κ2) is 7.88. The first-order chi connectivity index (χ1) is 11.0. The molecular weight excluding hydrogens is 312 g/mol. The van der Waals surface area contributed by atoms with Gasteiger partial charge in [-0.25, -0.2) is 0 Å². The van der Waals surface area contributed by atoms with E-state index in [1.54, 1.807) is 36.4 Å². The lowest BCUT2D eigenvalue weighted by molar-refractivity contribution is 0.102. The van der Waals surface area contributed by atoms with Gasteiger partial charge in [0.05, 0.1) is 22.9 Å². The summed E-state index contributed by atoms with van der Waals surface area (Å²) < 4.78 is 5.74. The number of nitrogens with two attached hydrogens (primary N) is 1. The standard InChI is InChI=1S/C18H21ClN2O2/c1-12(2)9-10-23-17-6-4-3-5-14(17)18(22)21-13-7-8-15(19)16(20)11-13/h3-8,11-12H,9-10,20H2,1-2H3,(H,21,22). The van der Waals surface area contributed by atoms with E-state index in [0.29, 0.717) is 40.2 Å². The Labute approximate surface area is 141 Å². The summed E-state index contributed by atoms with van der Waals surface area (Å²) >= 11 is 5.88. The lowest BCUT2D eigenvalue weighted by atomic mass is 10.1. The molecule has 0 aliphatic carbocycles. The molecule has 0 heterocycles. The highest BCUT2D eigenvalue weighted by atomic mass is 35.5. The van der Waals surface area contributed by atoms with Crippen molar-refractivity contribution in [1.29, 1.82) is 0 Å². The third-order valence-electron chi connectivity index (χ3n) is 3.34. The summed E-state index contributed by atoms with van der Waals surface area (Å²) in [6, 6.07) is 12.2. The Balaban J connectivity index is 2.10. The van der Waals surface area contributed by atoms with Crippen molar-refractivity contribution in [3.05, 3.63) is 53.1 Å². The molecule has 0 aliphatic rings. The van der Waals surface area contributed by atoms with Crippen LogP contribution in [0.4, 0.5) is 11.4 Å². The van der Waals surface area contributed by atoms with Crippen molar-refractivity contribution in [3.63, 3.8) is 0 Å². The van der Waals surface area contributed by atoms with Crippen LogP contribution in [0.1, 0.15) is 30.6 Å². The minimum Gasteiger partial charge on any atom is -0.493 e. The summed E-state index contributed by atoms with van der Waals surface area (Å²) in [6.45, 7) is 4.84. The van der Waals surface area contributed by atoms with Crippen LogP contribution in [0.3, 0.4) is 0 Å². The normalized spacial score (nSPS) is 10.6. The van der Waals surface area contributed by atoms with Crippen LogP contribution in [-0.4, -0.2) is 12.5 Å². The number of benzene rings is 2. The molecule has 1 amide bonds. The van der Waals surface area contributed by atoms with Crippen molar-refractivity contribution < 1.29 is 9.53 Å². The molecule has 0 aromatic heterocycles. The molecule has 5 heteroatoms. The molecule has 2 aromatic rings. The second-order valence-corrected chi connectivity index (χ2v) is 6.12. The zero-order valence-electron chi connectivity index (χ0n) is 13.3. The summed E-state index contributed by atoms with van der Waals surface area (Å²) in [7, 11) is 0. The van der Waals surface area contributed by atoms with Crippen LogP contribution in [0.5, 0.6) is 5.75 Å². The van der Waals surface area contributed by atoms with Crippen molar-refractivity contribution >= 4 is 28.9 Å². The number of nitrogen functional groups attached to an aromatic ring is 1. The first-order valence-corrected chi connectivity index (χ1v) is 7.93. The molecule has 23 heavy (non-hydrogen) atoms. The predicted molar refractivity (Wildman–Crippen MR) is 95.2 cm³/mol. The van der Waals surface area contributed by atoms with Crippen LogP contribution in [0.25, 0.3) is 0 Å². The number of hydrogen-bond acceptors (Lipinski definition) is 3. The van der Waals surface area contributed by atoms with Crippen molar-refractivity contribution in [3.8, 4) is 5.75 Å².